The van der Waals surface area contributed by atoms with E-state index in [0.717, 1.165) is 36.4 Å². The summed E-state index contributed by atoms with van der Waals surface area (Å²) in [6.07, 6.45) is 3.87. The average Bonchev–Trinajstić information content (AvgIpc) is 3.27. The number of imidazole rings is 1. The molecule has 2 amide bonds. The minimum Gasteiger partial charge on any atom is -0.457 e. The molecule has 10 heteroatoms. The van der Waals surface area contributed by atoms with Crippen molar-refractivity contribution in [2.45, 2.75) is 18.9 Å². The van der Waals surface area contributed by atoms with Gasteiger partial charge in [-0.25, -0.2) is 4.98 Å². The Morgan fingerprint density at radius 2 is 1.74 bits per heavy atom. The second-order valence-corrected chi connectivity index (χ2v) is 10.1. The van der Waals surface area contributed by atoms with Crippen LogP contribution in [0.2, 0.25) is 0 Å². The van der Waals surface area contributed by atoms with Gasteiger partial charge in [0.1, 0.15) is 17.2 Å². The first-order valence-corrected chi connectivity index (χ1v) is 13.2. The molecule has 2 aromatic carbocycles. The van der Waals surface area contributed by atoms with Crippen molar-refractivity contribution in [2.75, 3.05) is 32.0 Å². The van der Waals surface area contributed by atoms with Crippen molar-refractivity contribution in [1.82, 2.24) is 30.1 Å². The molecular formula is C29H31N7O3. The van der Waals surface area contributed by atoms with E-state index in [1.807, 2.05) is 54.1 Å². The van der Waals surface area contributed by atoms with Crippen LogP contribution in [0, 0.1) is 5.92 Å². The molecule has 7 rings (SSSR count). The van der Waals surface area contributed by atoms with E-state index in [9.17, 15) is 9.59 Å². The number of fused-ring (bicyclic) bond motifs is 4. The third kappa shape index (κ3) is 5.15. The van der Waals surface area contributed by atoms with E-state index in [4.69, 9.17) is 9.72 Å². The number of nitrogens with one attached hydrogen (secondary N) is 3. The second kappa shape index (κ2) is 10.4. The summed E-state index contributed by atoms with van der Waals surface area (Å²) in [7, 11) is 3.50. The van der Waals surface area contributed by atoms with Gasteiger partial charge in [0, 0.05) is 56.3 Å². The maximum absolute atomic E-state index is 12.9. The van der Waals surface area contributed by atoms with Gasteiger partial charge in [-0.1, -0.05) is 0 Å². The van der Waals surface area contributed by atoms with Gasteiger partial charge in [-0.05, 0) is 74.3 Å². The lowest BCUT2D eigenvalue weighted by Gasteiger charge is -2.44. The fraction of sp³-hybridized carbons (Fsp3) is 0.310. The van der Waals surface area contributed by atoms with Crippen molar-refractivity contribution < 1.29 is 14.3 Å². The van der Waals surface area contributed by atoms with E-state index >= 15 is 0 Å². The first-order valence-electron chi connectivity index (χ1n) is 13.2. The Morgan fingerprint density at radius 1 is 0.974 bits per heavy atom. The lowest BCUT2D eigenvalue weighted by Crippen LogP contribution is -2.57. The van der Waals surface area contributed by atoms with Gasteiger partial charge in [-0.2, -0.15) is 0 Å². The summed E-state index contributed by atoms with van der Waals surface area (Å²) < 4.78 is 7.93. The third-order valence-electron chi connectivity index (χ3n) is 7.65. The molecule has 1 unspecified atom stereocenters. The van der Waals surface area contributed by atoms with Gasteiger partial charge in [0.15, 0.2) is 0 Å². The first kappa shape index (κ1) is 24.9. The quantitative estimate of drug-likeness (QED) is 0.337. The maximum Gasteiger partial charge on any atom is 0.269 e. The molecule has 200 valence electrons. The molecule has 2 bridgehead atoms. The number of carbonyl (C=O) groups is 2. The summed E-state index contributed by atoms with van der Waals surface area (Å²) >= 11 is 0. The normalized spacial score (nSPS) is 20.0. The van der Waals surface area contributed by atoms with Crippen molar-refractivity contribution in [3.05, 3.63) is 72.1 Å². The molecule has 5 heterocycles. The highest BCUT2D eigenvalue weighted by molar-refractivity contribution is 5.95. The number of aryl methyl sites for hydroxylation is 1. The van der Waals surface area contributed by atoms with Gasteiger partial charge in [0.25, 0.3) is 11.8 Å². The van der Waals surface area contributed by atoms with Gasteiger partial charge < -0.3 is 30.2 Å². The number of rotatable bonds is 7. The van der Waals surface area contributed by atoms with Crippen molar-refractivity contribution in [2.24, 2.45) is 13.0 Å². The fourth-order valence-corrected chi connectivity index (χ4v) is 5.43. The molecule has 1 atom stereocenters. The van der Waals surface area contributed by atoms with E-state index in [0.29, 0.717) is 28.9 Å². The van der Waals surface area contributed by atoms with E-state index < -0.39 is 0 Å². The second-order valence-electron chi connectivity index (χ2n) is 10.1. The lowest BCUT2D eigenvalue weighted by molar-refractivity contribution is 0.0620. The summed E-state index contributed by atoms with van der Waals surface area (Å²) in [6.45, 7) is 3.26. The number of carbonyl (C=O) groups excluding carboxylic acids is 2. The summed E-state index contributed by atoms with van der Waals surface area (Å²) in [6, 6.07) is 16.6. The van der Waals surface area contributed by atoms with Gasteiger partial charge in [0.2, 0.25) is 5.95 Å². The Kier molecular flexibility index (Phi) is 6.62. The highest BCUT2D eigenvalue weighted by Gasteiger charge is 2.34. The van der Waals surface area contributed by atoms with Crippen LogP contribution in [0.4, 0.5) is 11.6 Å². The van der Waals surface area contributed by atoms with Crippen LogP contribution in [0.1, 0.15) is 33.7 Å². The topological polar surface area (TPSA) is 113 Å². The number of aromatic nitrogens is 3. The van der Waals surface area contributed by atoms with Gasteiger partial charge >= 0.3 is 0 Å². The lowest BCUT2D eigenvalue weighted by atomic mass is 9.84. The monoisotopic (exact) mass is 525 g/mol. The van der Waals surface area contributed by atoms with Gasteiger partial charge in [-0.15, -0.1) is 0 Å². The van der Waals surface area contributed by atoms with E-state index in [1.165, 1.54) is 19.0 Å². The number of benzene rings is 2. The van der Waals surface area contributed by atoms with E-state index in [-0.39, 0.29) is 23.6 Å². The van der Waals surface area contributed by atoms with Crippen LogP contribution in [0.3, 0.4) is 0 Å². The molecule has 3 aliphatic heterocycles. The molecule has 3 N–H and O–H groups in total. The molecule has 3 fully saturated rings. The van der Waals surface area contributed by atoms with Crippen LogP contribution in [0.5, 0.6) is 11.5 Å². The highest BCUT2D eigenvalue weighted by Crippen LogP contribution is 2.29. The molecule has 10 nitrogen and oxygen atoms in total. The van der Waals surface area contributed by atoms with Crippen LogP contribution >= 0.6 is 0 Å². The SMILES string of the molecule is CNC(=O)c1cc(Oc2ccc3c(c2)nc(Nc2ccc(C(=O)NC4CN5CCC4CC5)cc2)n3C)ccn1. The predicted molar refractivity (Wildman–Crippen MR) is 149 cm³/mol. The number of anilines is 2. The number of nitrogens with zero attached hydrogens (tertiary/aromatic N) is 4. The van der Waals surface area contributed by atoms with E-state index in [1.54, 1.807) is 19.2 Å². The Morgan fingerprint density at radius 3 is 2.46 bits per heavy atom. The summed E-state index contributed by atoms with van der Waals surface area (Å²) in [4.78, 5) is 36.0. The average molecular weight is 526 g/mol. The summed E-state index contributed by atoms with van der Waals surface area (Å²) in [5.41, 5.74) is 3.45. The molecule has 0 aliphatic carbocycles. The zero-order valence-corrected chi connectivity index (χ0v) is 22.0. The molecule has 39 heavy (non-hydrogen) atoms. The van der Waals surface area contributed by atoms with Crippen LogP contribution in [0.25, 0.3) is 11.0 Å². The van der Waals surface area contributed by atoms with Gasteiger partial charge in [-0.3, -0.25) is 14.6 Å². The Hall–Kier alpha value is -4.44. The van der Waals surface area contributed by atoms with Crippen molar-refractivity contribution in [3.8, 4) is 11.5 Å². The Balaban J connectivity index is 1.13. The minimum atomic E-state index is -0.278. The van der Waals surface area contributed by atoms with Crippen molar-refractivity contribution >= 4 is 34.5 Å². The first-order chi connectivity index (χ1) is 19.0. The van der Waals surface area contributed by atoms with Crippen LogP contribution in [-0.4, -0.2) is 64.0 Å². The molecule has 0 spiro atoms. The summed E-state index contributed by atoms with van der Waals surface area (Å²) in [5, 5.41) is 9.15. The summed E-state index contributed by atoms with van der Waals surface area (Å²) in [5.74, 6) is 2.06. The minimum absolute atomic E-state index is 0.0211. The fourth-order valence-electron chi connectivity index (χ4n) is 5.43. The van der Waals surface area contributed by atoms with Crippen LogP contribution < -0.4 is 20.7 Å². The van der Waals surface area contributed by atoms with Crippen molar-refractivity contribution in [3.63, 3.8) is 0 Å². The largest absolute Gasteiger partial charge is 0.457 e. The molecule has 0 saturated carbocycles. The predicted octanol–water partition coefficient (Wildman–Crippen LogP) is 3.69. The smallest absolute Gasteiger partial charge is 0.269 e. The van der Waals surface area contributed by atoms with Crippen LogP contribution in [0.15, 0.2) is 60.8 Å². The number of hydrogen-bond acceptors (Lipinski definition) is 7. The molecule has 3 aliphatic rings. The number of amides is 2. The zero-order valence-electron chi connectivity index (χ0n) is 22.0. The molecule has 2 aromatic heterocycles. The molecule has 4 aromatic rings. The molecular weight excluding hydrogens is 494 g/mol. The van der Waals surface area contributed by atoms with Crippen molar-refractivity contribution in [1.29, 1.82) is 0 Å². The van der Waals surface area contributed by atoms with Crippen LogP contribution in [-0.2, 0) is 7.05 Å². The number of piperidine rings is 3. The number of pyridine rings is 1. The maximum atomic E-state index is 12.9. The molecule has 3 saturated heterocycles. The standard InChI is InChI=1S/C29H31N7O3/c1-30-28(38)24-16-22(9-12-31-24)39-21-7-8-26-23(15-21)34-29(35(26)2)32-20-5-3-19(4-6-20)27(37)33-25-17-36-13-10-18(25)11-14-36/h3-9,12,15-16,18,25H,10-11,13-14,17H2,1-2H3,(H,30,38)(H,32,34)(H,33,37). The number of hydrogen-bond donors (Lipinski definition) is 3. The highest BCUT2D eigenvalue weighted by atomic mass is 16.5. The number of ether oxygens (including phenoxy) is 1. The zero-order chi connectivity index (χ0) is 26.9. The Labute approximate surface area is 226 Å². The molecule has 0 radical (unpaired) electrons. The Bertz CT molecular complexity index is 1520. The van der Waals surface area contributed by atoms with E-state index in [2.05, 4.69) is 25.8 Å². The van der Waals surface area contributed by atoms with Gasteiger partial charge in [0.05, 0.1) is 11.0 Å². The third-order valence-corrected chi connectivity index (χ3v) is 7.65.